The Morgan fingerprint density at radius 2 is 0.844 bits per heavy atom. The maximum atomic E-state index is 13.7. The molecular formula is C96H97F2N9O15. The number of piperazine rings is 3. The molecule has 3 unspecified atom stereocenters. The number of carboxylic acids is 1. The third-order valence-electron chi connectivity index (χ3n) is 24.2. The number of aryl methyl sites for hydroxylation is 1. The molecule has 6 aromatic heterocycles. The summed E-state index contributed by atoms with van der Waals surface area (Å²) in [4.78, 5) is 64.8. The summed E-state index contributed by atoms with van der Waals surface area (Å²) >= 11 is 0. The SMILES string of the molecule is COC(=O)c1coc2c1c(C(c1ccncc1)N1CCN(C)CC1)c(O)c1cc(OCC3CCCCC3)ccc12.COC(=O)c1coc2c1c(C(c1ccncc1)N1CCN(C)CC1)c(O)c1cc(OCc3cccc(F)c3)ccc12.Cc1oc2c(c1C(=O)O)c(C(c1ccncc1)N1CCN(C)CC1)c(O)c1cc(OCc3ccc(F)cc3)ccc12. The molecule has 26 heteroatoms. The van der Waals surface area contributed by atoms with Gasteiger partial charge in [-0.2, -0.15) is 0 Å². The van der Waals surface area contributed by atoms with Crippen molar-refractivity contribution in [2.45, 2.75) is 70.4 Å². The molecule has 24 nitrogen and oxygen atoms in total. The lowest BCUT2D eigenvalue weighted by Crippen LogP contribution is -2.46. The van der Waals surface area contributed by atoms with Crippen LogP contribution in [-0.2, 0) is 22.7 Å². The highest BCUT2D eigenvalue weighted by Crippen LogP contribution is 2.52. The molecule has 0 bridgehead atoms. The molecule has 4 fully saturated rings. The number of benzene rings is 8. The summed E-state index contributed by atoms with van der Waals surface area (Å²) in [7, 11) is 8.95. The molecule has 9 heterocycles. The van der Waals surface area contributed by atoms with E-state index < -0.39 is 30.0 Å². The van der Waals surface area contributed by atoms with Crippen molar-refractivity contribution >= 4 is 83.1 Å². The Labute approximate surface area is 703 Å². The van der Waals surface area contributed by atoms with Crippen LogP contribution in [-0.4, -0.2) is 203 Å². The number of rotatable bonds is 21. The first-order chi connectivity index (χ1) is 59.3. The third kappa shape index (κ3) is 17.3. The monoisotopic (exact) mass is 1650 g/mol. The number of phenolic OH excluding ortho intramolecular Hbond substituents is 3. The highest BCUT2D eigenvalue weighted by molar-refractivity contribution is 6.19. The van der Waals surface area contributed by atoms with Crippen LogP contribution in [0.25, 0.3) is 65.2 Å². The fraction of sp³-hybridized carbons (Fsp3) is 0.312. The van der Waals surface area contributed by atoms with E-state index in [1.54, 1.807) is 105 Å². The number of carbonyl (C=O) groups excluding carboxylic acids is 2. The van der Waals surface area contributed by atoms with Crippen LogP contribution in [0.3, 0.4) is 0 Å². The minimum absolute atomic E-state index is 0.0241. The highest BCUT2D eigenvalue weighted by atomic mass is 19.1. The van der Waals surface area contributed by atoms with E-state index in [9.17, 15) is 43.6 Å². The average molecular weight is 1650 g/mol. The maximum Gasteiger partial charge on any atom is 0.341 e. The first-order valence-corrected chi connectivity index (χ1v) is 41.2. The van der Waals surface area contributed by atoms with Gasteiger partial charge in [-0.25, -0.2) is 23.2 Å². The van der Waals surface area contributed by atoms with Gasteiger partial charge in [0.25, 0.3) is 0 Å². The average Bonchev–Trinajstić information content (AvgIpc) is 1.03. The molecule has 0 spiro atoms. The van der Waals surface area contributed by atoms with Crippen LogP contribution < -0.4 is 14.2 Å². The number of ether oxygens (including phenoxy) is 5. The number of furan rings is 3. The Morgan fingerprint density at radius 1 is 0.451 bits per heavy atom. The summed E-state index contributed by atoms with van der Waals surface area (Å²) < 4.78 is 73.7. The Bertz CT molecular complexity index is 6100. The molecule has 630 valence electrons. The predicted octanol–water partition coefficient (Wildman–Crippen LogP) is 17.0. The van der Waals surface area contributed by atoms with E-state index >= 15 is 0 Å². The van der Waals surface area contributed by atoms with E-state index in [0.29, 0.717) is 112 Å². The highest BCUT2D eigenvalue weighted by Gasteiger charge is 2.39. The zero-order chi connectivity index (χ0) is 84.8. The number of phenols is 3. The summed E-state index contributed by atoms with van der Waals surface area (Å²) in [6, 6.07) is 39.1. The van der Waals surface area contributed by atoms with Crippen molar-refractivity contribution in [1.82, 2.24) is 44.4 Å². The number of aromatic hydroxyl groups is 3. The fourth-order valence-corrected chi connectivity index (χ4v) is 17.7. The first-order valence-electron chi connectivity index (χ1n) is 41.2. The maximum absolute atomic E-state index is 13.7. The van der Waals surface area contributed by atoms with Gasteiger partial charge in [0.05, 0.1) is 39.0 Å². The molecular weight excluding hydrogens is 1560 g/mol. The number of aromatic carboxylic acids is 1. The zero-order valence-electron chi connectivity index (χ0n) is 68.9. The lowest BCUT2D eigenvalue weighted by molar-refractivity contribution is 0.0592. The summed E-state index contributed by atoms with van der Waals surface area (Å²) in [6.07, 6.45) is 19.4. The van der Waals surface area contributed by atoms with Crippen LogP contribution >= 0.6 is 0 Å². The molecule has 14 aromatic rings. The number of likely N-dealkylation sites (N-methyl/N-ethyl adjacent to an activating group) is 3. The molecule has 4 N–H and O–H groups in total. The second-order valence-corrected chi connectivity index (χ2v) is 31.9. The van der Waals surface area contributed by atoms with Gasteiger partial charge < -0.3 is 72.1 Å². The Morgan fingerprint density at radius 3 is 1.25 bits per heavy atom. The molecule has 122 heavy (non-hydrogen) atoms. The number of nitrogens with zero attached hydrogens (tertiary/aromatic N) is 9. The van der Waals surface area contributed by atoms with Crippen molar-refractivity contribution in [3.05, 3.63) is 268 Å². The molecule has 0 radical (unpaired) electrons. The van der Waals surface area contributed by atoms with Crippen molar-refractivity contribution in [2.24, 2.45) is 5.92 Å². The normalized spacial score (nSPS) is 16.3. The first kappa shape index (κ1) is 83.1. The summed E-state index contributed by atoms with van der Waals surface area (Å²) in [5.41, 5.74) is 7.97. The summed E-state index contributed by atoms with van der Waals surface area (Å²) in [6.45, 7) is 12.4. The van der Waals surface area contributed by atoms with Crippen molar-refractivity contribution in [3.8, 4) is 34.5 Å². The van der Waals surface area contributed by atoms with Gasteiger partial charge in [-0.05, 0) is 190 Å². The fourth-order valence-electron chi connectivity index (χ4n) is 17.7. The number of pyridine rings is 3. The van der Waals surface area contributed by atoms with Crippen LogP contribution in [0, 0.1) is 24.5 Å². The number of aromatic nitrogens is 3. The second kappa shape index (κ2) is 36.8. The lowest BCUT2D eigenvalue weighted by atomic mass is 9.89. The van der Waals surface area contributed by atoms with E-state index in [-0.39, 0.29) is 65.0 Å². The molecule has 1 saturated carbocycles. The van der Waals surface area contributed by atoms with E-state index in [1.807, 2.05) is 54.6 Å². The van der Waals surface area contributed by atoms with Crippen molar-refractivity contribution < 1.29 is 80.5 Å². The Balaban J connectivity index is 0.000000136. The number of carbonyl (C=O) groups is 3. The quantitative estimate of drug-likeness (QED) is 0.0487. The topological polar surface area (TPSA) is 276 Å². The van der Waals surface area contributed by atoms with Crippen LogP contribution in [0.15, 0.2) is 202 Å². The molecule has 1 aliphatic carbocycles. The largest absolute Gasteiger partial charge is 0.507 e. The van der Waals surface area contributed by atoms with Crippen LogP contribution in [0.4, 0.5) is 8.78 Å². The van der Waals surface area contributed by atoms with E-state index in [2.05, 4.69) is 65.5 Å². The minimum Gasteiger partial charge on any atom is -0.507 e. The van der Waals surface area contributed by atoms with Crippen LogP contribution in [0.2, 0.25) is 0 Å². The Kier molecular flexibility index (Phi) is 25.1. The number of carboxylic acid groups (broad SMARTS) is 1. The van der Waals surface area contributed by atoms with E-state index in [4.69, 9.17) is 36.9 Å². The van der Waals surface area contributed by atoms with Gasteiger partial charge in [-0.15, -0.1) is 0 Å². The molecule has 8 aromatic carbocycles. The number of halogens is 2. The number of hydrogen-bond acceptors (Lipinski definition) is 23. The smallest absolute Gasteiger partial charge is 0.341 e. The summed E-state index contributed by atoms with van der Waals surface area (Å²) in [5, 5.41) is 51.5. The van der Waals surface area contributed by atoms with Gasteiger partial charge in [-0.1, -0.05) is 43.5 Å². The number of hydrogen-bond donors (Lipinski definition) is 4. The lowest BCUT2D eigenvalue weighted by Gasteiger charge is -2.39. The molecule has 18 rings (SSSR count). The standard InChI is InChI=1S/2C32H30FN3O5.C32H37N3O5/c1-19-26(32(38)39)27-28(29(21-9-11-34-12-10-21)36-15-13-35(2)14-16-36)30(37)25-17-23(7-8-24(25)31(27)41-19)40-18-20-3-5-22(33)6-4-20;1-35-12-14-36(15-13-35)29(21-8-10-34-11-9-21)28-27-26(32(38)39-2)19-41-31(27)24-7-6-23(17-25(24)30(28)37)40-18-20-4-3-5-22(33)16-20;1-34-14-16-35(17-15-34)29(22-10-12-33-13-11-22)28-27-26(32(37)38-2)20-40-31(27)24-9-8-23(18-25(24)30(28)36)39-19-21-6-4-3-5-7-21/h3-12,17,29,37H,13-16,18H2,1-2H3,(H,38,39);3-11,16-17,19,29,37H,12-15,18H2,1-2H3;8-13,18,20-21,29,36H,3-7,14-17,19H2,1-2H3. The van der Waals surface area contributed by atoms with Gasteiger partial charge >= 0.3 is 17.9 Å². The molecule has 3 atom stereocenters. The second-order valence-electron chi connectivity index (χ2n) is 31.9. The van der Waals surface area contributed by atoms with Crippen molar-refractivity contribution in [3.63, 3.8) is 0 Å². The number of fused-ring (bicyclic) bond motifs is 9. The van der Waals surface area contributed by atoms with Gasteiger partial charge in [0.2, 0.25) is 0 Å². The van der Waals surface area contributed by atoms with Gasteiger partial charge in [0.1, 0.15) is 111 Å². The van der Waals surface area contributed by atoms with E-state index in [1.165, 1.54) is 83.1 Å². The van der Waals surface area contributed by atoms with Gasteiger partial charge in [0, 0.05) is 181 Å². The van der Waals surface area contributed by atoms with Crippen molar-refractivity contribution in [2.75, 3.05) is 121 Å². The molecule has 3 saturated heterocycles. The zero-order valence-corrected chi connectivity index (χ0v) is 68.9. The van der Waals surface area contributed by atoms with Gasteiger partial charge in [0.15, 0.2) is 0 Å². The third-order valence-corrected chi connectivity index (χ3v) is 24.2. The van der Waals surface area contributed by atoms with Crippen LogP contribution in [0.5, 0.6) is 34.5 Å². The molecule has 4 aliphatic rings. The number of esters is 2. The van der Waals surface area contributed by atoms with Crippen LogP contribution in [0.1, 0.15) is 132 Å². The van der Waals surface area contributed by atoms with Crippen molar-refractivity contribution in [1.29, 1.82) is 0 Å². The Hall–Kier alpha value is -12.6. The molecule has 3 aliphatic heterocycles. The predicted molar refractivity (Wildman–Crippen MR) is 460 cm³/mol. The van der Waals surface area contributed by atoms with Gasteiger partial charge in [-0.3, -0.25) is 29.7 Å². The summed E-state index contributed by atoms with van der Waals surface area (Å²) in [5.74, 6) is -0.140. The molecule has 0 amide bonds. The van der Waals surface area contributed by atoms with E-state index in [0.717, 1.165) is 112 Å². The minimum atomic E-state index is -1.12. The number of methoxy groups -OCH3 is 2.